The highest BCUT2D eigenvalue weighted by molar-refractivity contribution is 6.42. The van der Waals surface area contributed by atoms with Gasteiger partial charge in [-0.3, -0.25) is 9.59 Å². The van der Waals surface area contributed by atoms with Crippen LogP contribution in [-0.4, -0.2) is 52.8 Å². The van der Waals surface area contributed by atoms with Gasteiger partial charge < -0.3 is 19.5 Å². The van der Waals surface area contributed by atoms with Crippen LogP contribution in [0.4, 0.5) is 0 Å². The molecule has 4 rings (SSSR count). The number of ether oxygens (including phenoxy) is 1. The Morgan fingerprint density at radius 2 is 1.76 bits per heavy atom. The minimum absolute atomic E-state index is 0.0527. The molecule has 4 aromatic rings. The Labute approximate surface area is 233 Å². The van der Waals surface area contributed by atoms with Crippen molar-refractivity contribution in [2.75, 3.05) is 20.2 Å². The average Bonchev–Trinajstić information content (AvgIpc) is 3.34. The second-order valence-electron chi connectivity index (χ2n) is 9.43. The summed E-state index contributed by atoms with van der Waals surface area (Å²) >= 11 is 12.4. The van der Waals surface area contributed by atoms with Gasteiger partial charge in [0.2, 0.25) is 5.91 Å². The molecule has 0 spiro atoms. The molecule has 38 heavy (non-hydrogen) atoms. The van der Waals surface area contributed by atoms with Gasteiger partial charge in [0.25, 0.3) is 5.91 Å². The van der Waals surface area contributed by atoms with Crippen LogP contribution < -0.4 is 4.74 Å². The number of nitrogens with zero attached hydrogens (tertiary/aromatic N) is 2. The molecule has 3 aromatic carbocycles. The molecule has 0 fully saturated rings. The van der Waals surface area contributed by atoms with E-state index < -0.39 is 0 Å². The van der Waals surface area contributed by atoms with E-state index in [9.17, 15) is 9.59 Å². The summed E-state index contributed by atoms with van der Waals surface area (Å²) in [5.74, 6) is 0.213. The molecule has 0 unspecified atom stereocenters. The quantitative estimate of drug-likeness (QED) is 0.241. The van der Waals surface area contributed by atoms with Crippen LogP contribution in [0.5, 0.6) is 5.75 Å². The van der Waals surface area contributed by atoms with E-state index in [1.54, 1.807) is 53.3 Å². The highest BCUT2D eigenvalue weighted by Gasteiger charge is 2.25. The maximum absolute atomic E-state index is 13.7. The van der Waals surface area contributed by atoms with Crippen LogP contribution in [0.1, 0.15) is 35.3 Å². The summed E-state index contributed by atoms with van der Waals surface area (Å²) in [6.45, 7) is 4.57. The van der Waals surface area contributed by atoms with Gasteiger partial charge in [0.1, 0.15) is 12.3 Å². The summed E-state index contributed by atoms with van der Waals surface area (Å²) in [7, 11) is 1.56. The number of H-pyrrole nitrogens is 1. The van der Waals surface area contributed by atoms with Gasteiger partial charge in [-0.25, -0.2) is 0 Å². The molecule has 198 valence electrons. The summed E-state index contributed by atoms with van der Waals surface area (Å²) in [5, 5.41) is 2.03. The number of aromatic nitrogens is 1. The molecule has 1 heterocycles. The van der Waals surface area contributed by atoms with Crippen LogP contribution >= 0.6 is 23.2 Å². The van der Waals surface area contributed by atoms with Gasteiger partial charge in [0.15, 0.2) is 0 Å². The lowest BCUT2D eigenvalue weighted by atomic mass is 10.1. The minimum Gasteiger partial charge on any atom is -0.497 e. The molecule has 6 nitrogen and oxygen atoms in total. The lowest BCUT2D eigenvalue weighted by Crippen LogP contribution is -2.46. The summed E-state index contributed by atoms with van der Waals surface area (Å²) in [6, 6.07) is 20.2. The van der Waals surface area contributed by atoms with Crippen molar-refractivity contribution in [2.24, 2.45) is 0 Å². The Morgan fingerprint density at radius 1 is 0.974 bits per heavy atom. The molecule has 0 radical (unpaired) electrons. The fourth-order valence-electron chi connectivity index (χ4n) is 4.40. The van der Waals surface area contributed by atoms with Crippen LogP contribution in [0.15, 0.2) is 72.9 Å². The molecule has 0 saturated heterocycles. The molecule has 0 aliphatic carbocycles. The van der Waals surface area contributed by atoms with Crippen molar-refractivity contribution < 1.29 is 14.3 Å². The van der Waals surface area contributed by atoms with E-state index in [-0.39, 0.29) is 24.4 Å². The van der Waals surface area contributed by atoms with Crippen molar-refractivity contribution in [2.45, 2.75) is 32.9 Å². The van der Waals surface area contributed by atoms with Crippen molar-refractivity contribution >= 4 is 45.9 Å². The molecule has 1 aromatic heterocycles. The Hall–Kier alpha value is -3.48. The number of rotatable bonds is 10. The van der Waals surface area contributed by atoms with Gasteiger partial charge in [-0.15, -0.1) is 0 Å². The zero-order valence-corrected chi connectivity index (χ0v) is 23.2. The number of fused-ring (bicyclic) bond motifs is 1. The zero-order chi connectivity index (χ0) is 27.2. The largest absolute Gasteiger partial charge is 0.497 e. The zero-order valence-electron chi connectivity index (χ0n) is 21.7. The fraction of sp³-hybridized carbons (Fsp3) is 0.267. The predicted molar refractivity (Wildman–Crippen MR) is 153 cm³/mol. The number of nitrogens with one attached hydrogen (secondary N) is 1. The van der Waals surface area contributed by atoms with Crippen molar-refractivity contribution in [3.63, 3.8) is 0 Å². The molecular weight excluding hydrogens is 521 g/mol. The summed E-state index contributed by atoms with van der Waals surface area (Å²) in [5.41, 5.74) is 3.52. The first-order chi connectivity index (χ1) is 18.3. The number of carbonyl (C=O) groups is 2. The van der Waals surface area contributed by atoms with Crippen molar-refractivity contribution in [3.8, 4) is 5.75 Å². The van der Waals surface area contributed by atoms with E-state index in [0.29, 0.717) is 40.9 Å². The molecule has 2 amide bonds. The van der Waals surface area contributed by atoms with Crippen LogP contribution in [-0.2, 0) is 17.8 Å². The number of carbonyl (C=O) groups excluding carboxylic acids is 2. The van der Waals surface area contributed by atoms with Crippen molar-refractivity contribution in [1.29, 1.82) is 0 Å². The van der Waals surface area contributed by atoms with Crippen molar-refractivity contribution in [1.82, 2.24) is 14.8 Å². The monoisotopic (exact) mass is 551 g/mol. The number of aromatic amines is 1. The van der Waals surface area contributed by atoms with Gasteiger partial charge in [-0.05, 0) is 67.8 Å². The number of hydrogen-bond donors (Lipinski definition) is 1. The molecule has 0 bridgehead atoms. The van der Waals surface area contributed by atoms with Gasteiger partial charge in [0.05, 0.1) is 17.2 Å². The molecule has 0 aliphatic heterocycles. The summed E-state index contributed by atoms with van der Waals surface area (Å²) in [6.07, 6.45) is 2.64. The Kier molecular flexibility index (Phi) is 8.97. The van der Waals surface area contributed by atoms with Gasteiger partial charge >= 0.3 is 0 Å². The van der Waals surface area contributed by atoms with E-state index in [1.165, 1.54) is 0 Å². The highest BCUT2D eigenvalue weighted by atomic mass is 35.5. The molecular formula is C30H31Cl2N3O3. The predicted octanol–water partition coefficient (Wildman–Crippen LogP) is 6.61. The Bertz CT molecular complexity index is 1430. The first-order valence-electron chi connectivity index (χ1n) is 12.5. The number of hydrogen-bond acceptors (Lipinski definition) is 3. The second-order valence-corrected chi connectivity index (χ2v) is 10.2. The third-order valence-electron chi connectivity index (χ3n) is 6.54. The lowest BCUT2D eigenvalue weighted by molar-refractivity contribution is -0.132. The number of methoxy groups -OCH3 is 1. The molecule has 8 heteroatoms. The standard InChI is InChI=1S/C30H31Cl2N3O3/c1-20(2)35(30(37)22-7-6-8-24(16-22)38-3)19-29(36)34(18-21-11-12-26(31)27(32)15-21)14-13-23-17-33-28-10-5-4-9-25(23)28/h4-12,15-17,20,33H,13-14,18-19H2,1-3H3. The molecule has 0 aliphatic rings. The topological polar surface area (TPSA) is 65.6 Å². The second kappa shape index (κ2) is 12.4. The maximum atomic E-state index is 13.7. The molecule has 1 N–H and O–H groups in total. The average molecular weight is 553 g/mol. The fourth-order valence-corrected chi connectivity index (χ4v) is 4.72. The van der Waals surface area contributed by atoms with E-state index in [0.717, 1.165) is 22.0 Å². The first kappa shape index (κ1) is 27.6. The highest BCUT2D eigenvalue weighted by Crippen LogP contribution is 2.24. The normalized spacial score (nSPS) is 11.1. The van der Waals surface area contributed by atoms with Crippen molar-refractivity contribution in [3.05, 3.63) is 99.7 Å². The summed E-state index contributed by atoms with van der Waals surface area (Å²) < 4.78 is 5.28. The van der Waals surface area contributed by atoms with Crippen LogP contribution in [0.25, 0.3) is 10.9 Å². The van der Waals surface area contributed by atoms with Crippen LogP contribution in [0.3, 0.4) is 0 Å². The summed E-state index contributed by atoms with van der Waals surface area (Å²) in [4.78, 5) is 33.8. The Balaban J connectivity index is 1.57. The molecule has 0 saturated carbocycles. The maximum Gasteiger partial charge on any atom is 0.254 e. The smallest absolute Gasteiger partial charge is 0.254 e. The lowest BCUT2D eigenvalue weighted by Gasteiger charge is -2.30. The number of amides is 2. The van der Waals surface area contributed by atoms with Crippen LogP contribution in [0, 0.1) is 0 Å². The first-order valence-corrected chi connectivity index (χ1v) is 13.2. The third kappa shape index (κ3) is 6.50. The van der Waals surface area contributed by atoms with E-state index >= 15 is 0 Å². The number of halogens is 2. The Morgan fingerprint density at radius 3 is 2.50 bits per heavy atom. The SMILES string of the molecule is COc1cccc(C(=O)N(CC(=O)N(CCc2c[nH]c3ccccc23)Cc2ccc(Cl)c(Cl)c2)C(C)C)c1. The van der Waals surface area contributed by atoms with Crippen LogP contribution in [0.2, 0.25) is 10.0 Å². The van der Waals surface area contributed by atoms with Gasteiger partial charge in [-0.2, -0.15) is 0 Å². The molecule has 0 atom stereocenters. The minimum atomic E-state index is -0.224. The number of benzene rings is 3. The third-order valence-corrected chi connectivity index (χ3v) is 7.28. The van der Waals surface area contributed by atoms with E-state index in [1.807, 2.05) is 44.3 Å². The van der Waals surface area contributed by atoms with Gasteiger partial charge in [-0.1, -0.05) is 53.5 Å². The number of para-hydroxylation sites is 1. The van der Waals surface area contributed by atoms with Gasteiger partial charge in [0, 0.05) is 41.8 Å². The van der Waals surface area contributed by atoms with E-state index in [4.69, 9.17) is 27.9 Å². The van der Waals surface area contributed by atoms with E-state index in [2.05, 4.69) is 11.1 Å².